The van der Waals surface area contributed by atoms with Crippen LogP contribution in [0.1, 0.15) is 37.3 Å². The minimum absolute atomic E-state index is 0.0204. The lowest BCUT2D eigenvalue weighted by Crippen LogP contribution is -2.39. The number of methoxy groups -OCH3 is 1. The van der Waals surface area contributed by atoms with E-state index in [1.165, 1.54) is 11.3 Å². The summed E-state index contributed by atoms with van der Waals surface area (Å²) in [7, 11) is 1.60. The summed E-state index contributed by atoms with van der Waals surface area (Å²) in [5.41, 5.74) is 1.77. The number of amides is 1. The molecule has 6 rings (SSSR count). The molecule has 3 aromatic rings. The number of ketones is 1. The number of phenolic OH excluding ortho intramolecular Hbond substituents is 1. The van der Waals surface area contributed by atoms with Crippen LogP contribution in [0.3, 0.4) is 0 Å². The summed E-state index contributed by atoms with van der Waals surface area (Å²) in [6, 6.07) is 11.6. The summed E-state index contributed by atoms with van der Waals surface area (Å²) >= 11 is 1.36. The fraction of sp³-hybridized carbons (Fsp3) is 0.320. The molecule has 1 amide bonds. The fourth-order valence-electron chi connectivity index (χ4n) is 5.18. The molecule has 7 nitrogen and oxygen atoms in total. The van der Waals surface area contributed by atoms with Crippen molar-refractivity contribution in [3.63, 3.8) is 0 Å². The minimum atomic E-state index is -0.697. The highest BCUT2D eigenvalue weighted by molar-refractivity contribution is 7.22. The van der Waals surface area contributed by atoms with Gasteiger partial charge in [-0.2, -0.15) is 0 Å². The maximum Gasteiger partial charge on any atom is 0.296 e. The number of carbonyl (C=O) groups excluding carboxylic acids is 2. The third kappa shape index (κ3) is 3.12. The molecule has 1 aromatic heterocycles. The van der Waals surface area contributed by atoms with E-state index in [0.29, 0.717) is 22.0 Å². The Balaban J connectivity index is 1.51. The van der Waals surface area contributed by atoms with Crippen molar-refractivity contribution in [2.75, 3.05) is 12.0 Å². The summed E-state index contributed by atoms with van der Waals surface area (Å²) in [5, 5.41) is 10.6. The van der Waals surface area contributed by atoms with Crippen LogP contribution in [0.2, 0.25) is 0 Å². The van der Waals surface area contributed by atoms with E-state index in [2.05, 4.69) is 0 Å². The average molecular weight is 463 g/mol. The Morgan fingerprint density at radius 1 is 1.15 bits per heavy atom. The van der Waals surface area contributed by atoms with Crippen LogP contribution in [0.15, 0.2) is 53.8 Å². The molecule has 8 heteroatoms. The molecule has 1 fully saturated rings. The van der Waals surface area contributed by atoms with Crippen molar-refractivity contribution in [1.29, 1.82) is 0 Å². The van der Waals surface area contributed by atoms with Gasteiger partial charge in [-0.25, -0.2) is 4.98 Å². The molecule has 0 spiro atoms. The van der Waals surface area contributed by atoms with E-state index in [1.54, 1.807) is 30.2 Å². The number of hydrogen-bond donors (Lipinski definition) is 1. The molecular formula is C25H22N2O5S. The molecule has 2 aromatic carbocycles. The molecule has 1 aliphatic carbocycles. The highest BCUT2D eigenvalue weighted by atomic mass is 32.1. The molecule has 33 heavy (non-hydrogen) atoms. The van der Waals surface area contributed by atoms with Crippen molar-refractivity contribution in [3.8, 4) is 11.5 Å². The monoisotopic (exact) mass is 462 g/mol. The van der Waals surface area contributed by atoms with Gasteiger partial charge in [0.1, 0.15) is 17.6 Å². The van der Waals surface area contributed by atoms with Crippen LogP contribution in [-0.4, -0.2) is 35.0 Å². The van der Waals surface area contributed by atoms with Gasteiger partial charge in [-0.15, -0.1) is 0 Å². The number of nitrogens with zero attached hydrogens (tertiary/aromatic N) is 2. The Labute approximate surface area is 194 Å². The lowest BCUT2D eigenvalue weighted by atomic mass is 9.77. The normalized spacial score (nSPS) is 24.6. The molecule has 2 aliphatic heterocycles. The summed E-state index contributed by atoms with van der Waals surface area (Å²) < 4.78 is 12.4. The molecule has 1 saturated carbocycles. The molecule has 0 radical (unpaired) electrons. The Morgan fingerprint density at radius 3 is 2.82 bits per heavy atom. The van der Waals surface area contributed by atoms with Crippen molar-refractivity contribution in [2.24, 2.45) is 5.92 Å². The third-order valence-corrected chi connectivity index (χ3v) is 7.76. The van der Waals surface area contributed by atoms with Gasteiger partial charge < -0.3 is 14.6 Å². The number of Topliss-reactive ketones (excluding diaryl/α,β-unsaturated/α-hetero) is 1. The Hall–Kier alpha value is -3.39. The number of benzene rings is 2. The van der Waals surface area contributed by atoms with Crippen LogP contribution in [0.4, 0.5) is 5.13 Å². The van der Waals surface area contributed by atoms with Crippen molar-refractivity contribution in [2.45, 2.75) is 37.8 Å². The fourth-order valence-corrected chi connectivity index (χ4v) is 6.20. The standard InChI is InChI=1S/C25H22N2O5S/c1-31-15-9-10-17-19(12-15)33-25(26-17)27-21(13-5-4-6-14(28)11-13)20-22(29)16-7-2-3-8-18(16)32-23(20)24(27)30/h4-6,9-12,16,18,21,28H,2-3,7-8H2,1H3. The molecular weight excluding hydrogens is 440 g/mol. The van der Waals surface area contributed by atoms with Crippen molar-refractivity contribution >= 4 is 38.4 Å². The second kappa shape index (κ2) is 7.59. The Kier molecular flexibility index (Phi) is 4.65. The van der Waals surface area contributed by atoms with E-state index in [0.717, 1.165) is 35.9 Å². The average Bonchev–Trinajstić information content (AvgIpc) is 3.37. The number of phenols is 1. The number of fused-ring (bicyclic) bond motifs is 2. The molecule has 0 saturated heterocycles. The van der Waals surface area contributed by atoms with Crippen LogP contribution in [0.5, 0.6) is 11.5 Å². The predicted octanol–water partition coefficient (Wildman–Crippen LogP) is 4.51. The number of carbonyl (C=O) groups is 2. The van der Waals surface area contributed by atoms with Gasteiger partial charge in [0.2, 0.25) is 0 Å². The van der Waals surface area contributed by atoms with Crippen molar-refractivity contribution < 1.29 is 24.2 Å². The molecule has 168 valence electrons. The summed E-state index contributed by atoms with van der Waals surface area (Å²) in [6.45, 7) is 0. The smallest absolute Gasteiger partial charge is 0.296 e. The molecule has 1 N–H and O–H groups in total. The predicted molar refractivity (Wildman–Crippen MR) is 123 cm³/mol. The van der Waals surface area contributed by atoms with Crippen LogP contribution < -0.4 is 9.64 Å². The van der Waals surface area contributed by atoms with Crippen molar-refractivity contribution in [3.05, 3.63) is 59.4 Å². The molecule has 0 bridgehead atoms. The summed E-state index contributed by atoms with van der Waals surface area (Å²) in [4.78, 5) is 33.6. The van der Waals surface area contributed by atoms with Gasteiger partial charge >= 0.3 is 0 Å². The zero-order chi connectivity index (χ0) is 22.7. The number of thiazole rings is 1. The van der Waals surface area contributed by atoms with Crippen LogP contribution >= 0.6 is 11.3 Å². The first-order chi connectivity index (χ1) is 16.0. The first kappa shape index (κ1) is 20.2. The quantitative estimate of drug-likeness (QED) is 0.616. The van der Waals surface area contributed by atoms with E-state index >= 15 is 0 Å². The number of anilines is 1. The second-order valence-corrected chi connectivity index (χ2v) is 9.67. The van der Waals surface area contributed by atoms with E-state index in [1.807, 2.05) is 24.3 Å². The van der Waals surface area contributed by atoms with Gasteiger partial charge in [-0.1, -0.05) is 29.9 Å². The SMILES string of the molecule is COc1ccc2nc(N3C(=O)C4=C(C(=O)C5CCCCC5O4)C3c3cccc(O)c3)sc2c1. The first-order valence-corrected chi connectivity index (χ1v) is 11.9. The van der Waals surface area contributed by atoms with Gasteiger partial charge in [-0.05, 0) is 55.2 Å². The lowest BCUT2D eigenvalue weighted by molar-refractivity contribution is -0.131. The number of hydrogen-bond acceptors (Lipinski definition) is 7. The zero-order valence-electron chi connectivity index (χ0n) is 18.0. The summed E-state index contributed by atoms with van der Waals surface area (Å²) in [6.07, 6.45) is 3.26. The highest BCUT2D eigenvalue weighted by Crippen LogP contribution is 2.49. The van der Waals surface area contributed by atoms with Crippen LogP contribution in [0.25, 0.3) is 10.2 Å². The largest absolute Gasteiger partial charge is 0.508 e. The topological polar surface area (TPSA) is 89.0 Å². The van der Waals surface area contributed by atoms with Crippen LogP contribution in [-0.2, 0) is 14.3 Å². The Morgan fingerprint density at radius 2 is 2.00 bits per heavy atom. The van der Waals surface area contributed by atoms with E-state index in [4.69, 9.17) is 14.5 Å². The lowest BCUT2D eigenvalue weighted by Gasteiger charge is -2.35. The minimum Gasteiger partial charge on any atom is -0.508 e. The van der Waals surface area contributed by atoms with Gasteiger partial charge in [0.05, 0.1) is 34.9 Å². The van der Waals surface area contributed by atoms with Gasteiger partial charge in [0, 0.05) is 0 Å². The third-order valence-electron chi connectivity index (χ3n) is 6.74. The maximum absolute atomic E-state index is 13.7. The summed E-state index contributed by atoms with van der Waals surface area (Å²) in [5.74, 6) is 0.297. The maximum atomic E-state index is 13.7. The molecule has 3 heterocycles. The Bertz CT molecular complexity index is 1330. The number of rotatable bonds is 3. The van der Waals surface area contributed by atoms with E-state index in [-0.39, 0.29) is 35.2 Å². The van der Waals surface area contributed by atoms with E-state index < -0.39 is 6.04 Å². The zero-order valence-corrected chi connectivity index (χ0v) is 18.8. The van der Waals surface area contributed by atoms with Gasteiger partial charge in [0.25, 0.3) is 5.91 Å². The second-order valence-electron chi connectivity index (χ2n) is 8.66. The van der Waals surface area contributed by atoms with E-state index in [9.17, 15) is 14.7 Å². The first-order valence-electron chi connectivity index (χ1n) is 11.1. The number of ether oxygens (including phenoxy) is 2. The van der Waals surface area contributed by atoms with Crippen LogP contribution in [0, 0.1) is 5.92 Å². The molecule has 3 aliphatic rings. The molecule has 3 atom stereocenters. The van der Waals surface area contributed by atoms with Gasteiger partial charge in [0.15, 0.2) is 16.7 Å². The number of aromatic hydroxyl groups is 1. The highest BCUT2D eigenvalue weighted by Gasteiger charge is 2.53. The number of aromatic nitrogens is 1. The van der Waals surface area contributed by atoms with Crippen molar-refractivity contribution in [1.82, 2.24) is 4.98 Å². The molecule has 3 unspecified atom stereocenters. The van der Waals surface area contributed by atoms with Gasteiger partial charge in [-0.3, -0.25) is 14.5 Å².